The van der Waals surface area contributed by atoms with E-state index in [4.69, 9.17) is 28.6 Å². The van der Waals surface area contributed by atoms with E-state index in [1.807, 2.05) is 0 Å². The molecule has 0 aliphatic rings. The quantitative estimate of drug-likeness (QED) is 0.471. The molecule has 1 aromatic carbocycles. The molecule has 1 N–H and O–H groups in total. The number of carbonyl (C=O) groups excluding carboxylic acids is 1. The summed E-state index contributed by atoms with van der Waals surface area (Å²) in [4.78, 5) is 10.3. The number of halogens is 2. The molecule has 2 nitrogen and oxygen atoms in total. The van der Waals surface area contributed by atoms with Crippen molar-refractivity contribution in [1.29, 1.82) is 5.41 Å². The molecule has 0 unspecified atom stereocenters. The Morgan fingerprint density at radius 1 is 1.23 bits per heavy atom. The van der Waals surface area contributed by atoms with Gasteiger partial charge in [-0.05, 0) is 0 Å². The molecule has 0 radical (unpaired) electrons. The molecule has 0 spiro atoms. The molecule has 1 rings (SSSR count). The molecule has 0 aliphatic carbocycles. The van der Waals surface area contributed by atoms with Crippen LogP contribution in [0.3, 0.4) is 0 Å². The average Bonchev–Trinajstić information content (AvgIpc) is 2.17. The fourth-order valence-corrected chi connectivity index (χ4v) is 1.04. The minimum atomic E-state index is -1.06. The van der Waals surface area contributed by atoms with Crippen LogP contribution in [0.5, 0.6) is 0 Å². The fourth-order valence-electron chi connectivity index (χ4n) is 0.844. The first-order chi connectivity index (χ1) is 6.13. The number of benzene rings is 1. The largest absolute Gasteiger partial charge is 0.299 e. The van der Waals surface area contributed by atoms with Crippen molar-refractivity contribution < 1.29 is 4.79 Å². The van der Waals surface area contributed by atoms with Gasteiger partial charge in [-0.25, -0.2) is 0 Å². The smallest absolute Gasteiger partial charge is 0.209 e. The standard InChI is InChI=1S/C9H7Cl2NO/c10-9(11)7(12)8(13)6-4-2-1-3-5-6/h1-5,9,12H. The van der Waals surface area contributed by atoms with Crippen LogP contribution < -0.4 is 0 Å². The fraction of sp³-hybridized carbons (Fsp3) is 0.111. The molecule has 0 saturated heterocycles. The lowest BCUT2D eigenvalue weighted by atomic mass is 10.1. The van der Waals surface area contributed by atoms with Crippen LogP contribution in [-0.2, 0) is 0 Å². The van der Waals surface area contributed by atoms with Gasteiger partial charge in [0.25, 0.3) is 0 Å². The van der Waals surface area contributed by atoms with Crippen molar-refractivity contribution in [3.05, 3.63) is 35.9 Å². The van der Waals surface area contributed by atoms with Gasteiger partial charge in [0, 0.05) is 5.56 Å². The lowest BCUT2D eigenvalue weighted by Gasteiger charge is -2.02. The van der Waals surface area contributed by atoms with Gasteiger partial charge in [0.05, 0.1) is 0 Å². The predicted octanol–water partition coefficient (Wildman–Crippen LogP) is 2.69. The van der Waals surface area contributed by atoms with Crippen LogP contribution in [0.4, 0.5) is 0 Å². The predicted molar refractivity (Wildman–Crippen MR) is 54.0 cm³/mol. The van der Waals surface area contributed by atoms with Gasteiger partial charge < -0.3 is 0 Å². The van der Waals surface area contributed by atoms with E-state index in [1.54, 1.807) is 30.3 Å². The summed E-state index contributed by atoms with van der Waals surface area (Å²) in [5, 5.41) is 7.27. The Morgan fingerprint density at radius 2 is 1.77 bits per heavy atom. The molecule has 0 aliphatic heterocycles. The van der Waals surface area contributed by atoms with E-state index in [-0.39, 0.29) is 5.71 Å². The van der Waals surface area contributed by atoms with Gasteiger partial charge in [-0.2, -0.15) is 0 Å². The zero-order valence-electron chi connectivity index (χ0n) is 6.63. The molecule has 4 heteroatoms. The number of hydrogen-bond donors (Lipinski definition) is 1. The van der Waals surface area contributed by atoms with E-state index in [1.165, 1.54) is 0 Å². The first-order valence-corrected chi connectivity index (χ1v) is 4.46. The van der Waals surface area contributed by atoms with E-state index in [0.29, 0.717) is 5.56 Å². The van der Waals surface area contributed by atoms with Crippen molar-refractivity contribution >= 4 is 34.7 Å². The molecule has 68 valence electrons. The maximum absolute atomic E-state index is 11.4. The first kappa shape index (κ1) is 10.2. The Morgan fingerprint density at radius 3 is 2.23 bits per heavy atom. The van der Waals surface area contributed by atoms with E-state index >= 15 is 0 Å². The van der Waals surface area contributed by atoms with Crippen LogP contribution in [0.1, 0.15) is 10.4 Å². The zero-order chi connectivity index (χ0) is 9.84. The Labute approximate surface area is 86.0 Å². The van der Waals surface area contributed by atoms with Crippen molar-refractivity contribution in [2.75, 3.05) is 0 Å². The summed E-state index contributed by atoms with van der Waals surface area (Å²) in [6.45, 7) is 0. The third-order valence-corrected chi connectivity index (χ3v) is 1.94. The second kappa shape index (κ2) is 4.40. The summed E-state index contributed by atoms with van der Waals surface area (Å²) in [5.41, 5.74) is 0.133. The van der Waals surface area contributed by atoms with Gasteiger partial charge in [0.1, 0.15) is 5.71 Å². The molecule has 0 amide bonds. The third kappa shape index (κ3) is 2.54. The van der Waals surface area contributed by atoms with Crippen molar-refractivity contribution in [1.82, 2.24) is 0 Å². The summed E-state index contributed by atoms with van der Waals surface area (Å²) < 4.78 is 0. The minimum absolute atomic E-state index is 0.297. The van der Waals surface area contributed by atoms with Crippen molar-refractivity contribution in [3.8, 4) is 0 Å². The van der Waals surface area contributed by atoms with Crippen LogP contribution >= 0.6 is 23.2 Å². The highest BCUT2D eigenvalue weighted by atomic mass is 35.5. The Kier molecular flexibility index (Phi) is 3.46. The van der Waals surface area contributed by atoms with Crippen LogP contribution in [0.2, 0.25) is 0 Å². The first-order valence-electron chi connectivity index (χ1n) is 3.59. The molecule has 1 aromatic rings. The highest BCUT2D eigenvalue weighted by molar-refractivity contribution is 6.66. The van der Waals surface area contributed by atoms with E-state index in [0.717, 1.165) is 0 Å². The minimum Gasteiger partial charge on any atom is -0.299 e. The summed E-state index contributed by atoms with van der Waals surface area (Å²) >= 11 is 10.8. The van der Waals surface area contributed by atoms with E-state index in [2.05, 4.69) is 0 Å². The number of Topliss-reactive ketones (excluding diaryl/α,β-unsaturated/α-hetero) is 1. The number of rotatable bonds is 3. The normalized spacial score (nSPS) is 10.1. The second-order valence-electron chi connectivity index (χ2n) is 2.41. The number of alkyl halides is 2. The second-order valence-corrected chi connectivity index (χ2v) is 3.51. The molecule has 0 heterocycles. The zero-order valence-corrected chi connectivity index (χ0v) is 8.14. The topological polar surface area (TPSA) is 40.9 Å². The Bertz CT molecular complexity index is 322. The van der Waals surface area contributed by atoms with Crippen molar-refractivity contribution in [3.63, 3.8) is 0 Å². The highest BCUT2D eigenvalue weighted by Crippen LogP contribution is 2.09. The van der Waals surface area contributed by atoms with E-state index in [9.17, 15) is 4.79 Å². The lowest BCUT2D eigenvalue weighted by molar-refractivity contribution is 0.106. The van der Waals surface area contributed by atoms with Gasteiger partial charge in [-0.1, -0.05) is 53.5 Å². The van der Waals surface area contributed by atoms with Crippen LogP contribution in [0, 0.1) is 5.41 Å². The number of hydrogen-bond acceptors (Lipinski definition) is 2. The molecule has 0 aromatic heterocycles. The summed E-state index contributed by atoms with van der Waals surface area (Å²) in [6.07, 6.45) is 0. The monoisotopic (exact) mass is 215 g/mol. The maximum Gasteiger partial charge on any atom is 0.209 e. The molecule has 0 bridgehead atoms. The lowest BCUT2D eigenvalue weighted by Crippen LogP contribution is -2.19. The van der Waals surface area contributed by atoms with Gasteiger partial charge in [0.15, 0.2) is 4.84 Å². The molecule has 13 heavy (non-hydrogen) atoms. The van der Waals surface area contributed by atoms with Gasteiger partial charge >= 0.3 is 0 Å². The van der Waals surface area contributed by atoms with Gasteiger partial charge in [-0.15, -0.1) is 0 Å². The number of ketones is 1. The van der Waals surface area contributed by atoms with E-state index < -0.39 is 10.6 Å². The molecule has 0 fully saturated rings. The van der Waals surface area contributed by atoms with Crippen molar-refractivity contribution in [2.45, 2.75) is 4.84 Å². The van der Waals surface area contributed by atoms with Gasteiger partial charge in [0.2, 0.25) is 5.78 Å². The molecule has 0 saturated carbocycles. The number of carbonyl (C=O) groups is 1. The highest BCUT2D eigenvalue weighted by Gasteiger charge is 2.17. The summed E-state index contributed by atoms with van der Waals surface area (Å²) in [6, 6.07) is 8.47. The maximum atomic E-state index is 11.4. The third-order valence-electron chi connectivity index (χ3n) is 1.50. The Balaban J connectivity index is 2.87. The molecular formula is C9H7Cl2NO. The van der Waals surface area contributed by atoms with Gasteiger partial charge in [-0.3, -0.25) is 10.2 Å². The van der Waals surface area contributed by atoms with Crippen LogP contribution in [-0.4, -0.2) is 16.3 Å². The van der Waals surface area contributed by atoms with Crippen LogP contribution in [0.15, 0.2) is 30.3 Å². The summed E-state index contributed by atoms with van der Waals surface area (Å²) in [7, 11) is 0. The van der Waals surface area contributed by atoms with Crippen LogP contribution in [0.25, 0.3) is 0 Å². The van der Waals surface area contributed by atoms with Crippen molar-refractivity contribution in [2.24, 2.45) is 0 Å². The molecule has 0 atom stereocenters. The SMILES string of the molecule is N=C(C(=O)c1ccccc1)C(Cl)Cl. The number of nitrogens with one attached hydrogen (secondary N) is 1. The molecular weight excluding hydrogens is 209 g/mol. The summed E-state index contributed by atoms with van der Waals surface area (Å²) in [5.74, 6) is -0.435. The average molecular weight is 216 g/mol. The Hall–Kier alpha value is -0.860.